The molecule has 0 radical (unpaired) electrons. The third kappa shape index (κ3) is 4.81. The highest BCUT2D eigenvalue weighted by atomic mass is 35.5. The number of hydrogen-bond acceptors (Lipinski definition) is 6. The van der Waals surface area contributed by atoms with Crippen molar-refractivity contribution in [2.45, 2.75) is 38.3 Å². The van der Waals surface area contributed by atoms with Crippen molar-refractivity contribution in [2.75, 3.05) is 43.9 Å². The predicted molar refractivity (Wildman–Crippen MR) is 150 cm³/mol. The highest BCUT2D eigenvalue weighted by molar-refractivity contribution is 6.31. The van der Waals surface area contributed by atoms with Gasteiger partial charge in [-0.3, -0.25) is 4.79 Å². The number of fused-ring (bicyclic) bond motifs is 2. The largest absolute Gasteiger partial charge is 0.382 e. The van der Waals surface area contributed by atoms with Gasteiger partial charge >= 0.3 is 0 Å². The lowest BCUT2D eigenvalue weighted by Gasteiger charge is -2.36. The van der Waals surface area contributed by atoms with Crippen LogP contribution in [-0.2, 0) is 0 Å². The molecule has 1 atom stereocenters. The van der Waals surface area contributed by atoms with E-state index in [1.165, 1.54) is 0 Å². The molecule has 0 saturated carbocycles. The maximum absolute atomic E-state index is 13.3. The van der Waals surface area contributed by atoms with Crippen LogP contribution in [0.3, 0.4) is 0 Å². The van der Waals surface area contributed by atoms with E-state index >= 15 is 0 Å². The fourth-order valence-electron chi connectivity index (χ4n) is 4.98. The van der Waals surface area contributed by atoms with Crippen LogP contribution in [0.4, 0.5) is 11.4 Å². The van der Waals surface area contributed by atoms with Crippen LogP contribution in [0.2, 0.25) is 5.02 Å². The van der Waals surface area contributed by atoms with Gasteiger partial charge in [0.15, 0.2) is 0 Å². The number of nitrogens with two attached hydrogens (primary N) is 1. The molecule has 1 saturated heterocycles. The van der Waals surface area contributed by atoms with E-state index in [1.54, 1.807) is 6.07 Å². The Kier molecular flexibility index (Phi) is 6.92. The van der Waals surface area contributed by atoms with Crippen LogP contribution in [0.5, 0.6) is 0 Å². The predicted octanol–water partition coefficient (Wildman–Crippen LogP) is 4.40. The molecular formula is C27H34ClN7O. The van der Waals surface area contributed by atoms with Crippen LogP contribution >= 0.6 is 11.6 Å². The van der Waals surface area contributed by atoms with E-state index < -0.39 is 0 Å². The SMILES string of the molecule is CC[C@@H](N)CNc1c(-c2nc3cc(N(C)C4CCN(C)CC4)ccc3[nH]2)c(=O)[nH]c2ccc(Cl)cc12. The van der Waals surface area contributed by atoms with E-state index in [2.05, 4.69) is 51.3 Å². The number of aromatic amines is 2. The average molecular weight is 508 g/mol. The molecule has 190 valence electrons. The first-order valence-corrected chi connectivity index (χ1v) is 13.0. The zero-order chi connectivity index (χ0) is 25.4. The quantitative estimate of drug-likeness (QED) is 0.295. The molecule has 8 nitrogen and oxygen atoms in total. The Morgan fingerprint density at radius 1 is 1.19 bits per heavy atom. The number of anilines is 2. The Balaban J connectivity index is 1.56. The maximum atomic E-state index is 13.3. The molecule has 5 N–H and O–H groups in total. The molecule has 0 amide bonds. The van der Waals surface area contributed by atoms with Gasteiger partial charge in [0.2, 0.25) is 0 Å². The summed E-state index contributed by atoms with van der Waals surface area (Å²) in [4.78, 5) is 29.3. The van der Waals surface area contributed by atoms with Crippen LogP contribution in [0.15, 0.2) is 41.2 Å². The number of imidazole rings is 1. The van der Waals surface area contributed by atoms with Gasteiger partial charge in [0.25, 0.3) is 5.56 Å². The number of aromatic nitrogens is 3. The van der Waals surface area contributed by atoms with E-state index in [0.717, 1.165) is 54.5 Å². The van der Waals surface area contributed by atoms with Crippen molar-refractivity contribution in [3.63, 3.8) is 0 Å². The van der Waals surface area contributed by atoms with Gasteiger partial charge in [0.1, 0.15) is 11.4 Å². The molecule has 3 heterocycles. The van der Waals surface area contributed by atoms with Crippen molar-refractivity contribution in [1.29, 1.82) is 0 Å². The summed E-state index contributed by atoms with van der Waals surface area (Å²) in [5.41, 5.74) is 10.6. The van der Waals surface area contributed by atoms with Crippen molar-refractivity contribution in [1.82, 2.24) is 19.9 Å². The number of H-pyrrole nitrogens is 2. The number of halogens is 1. The number of rotatable bonds is 7. The molecule has 4 aromatic rings. The first-order chi connectivity index (χ1) is 17.3. The minimum Gasteiger partial charge on any atom is -0.382 e. The van der Waals surface area contributed by atoms with Gasteiger partial charge in [-0.15, -0.1) is 0 Å². The second-order valence-electron chi connectivity index (χ2n) is 9.88. The maximum Gasteiger partial charge on any atom is 0.261 e. The monoisotopic (exact) mass is 507 g/mol. The van der Waals surface area contributed by atoms with Gasteiger partial charge < -0.3 is 30.8 Å². The molecule has 0 unspecified atom stereocenters. The van der Waals surface area contributed by atoms with E-state index in [4.69, 9.17) is 22.3 Å². The lowest BCUT2D eigenvalue weighted by molar-refractivity contribution is 0.253. The van der Waals surface area contributed by atoms with Crippen LogP contribution in [0.25, 0.3) is 33.3 Å². The van der Waals surface area contributed by atoms with Gasteiger partial charge in [-0.2, -0.15) is 0 Å². The second kappa shape index (κ2) is 10.1. The number of pyridine rings is 1. The summed E-state index contributed by atoms with van der Waals surface area (Å²) in [5, 5.41) is 4.83. The van der Waals surface area contributed by atoms with Crippen molar-refractivity contribution in [3.8, 4) is 11.4 Å². The molecule has 1 aliphatic rings. The van der Waals surface area contributed by atoms with Crippen molar-refractivity contribution >= 4 is 44.9 Å². The van der Waals surface area contributed by atoms with Crippen molar-refractivity contribution < 1.29 is 0 Å². The molecule has 0 spiro atoms. The second-order valence-corrected chi connectivity index (χ2v) is 10.3. The third-order valence-corrected chi connectivity index (χ3v) is 7.62. The summed E-state index contributed by atoms with van der Waals surface area (Å²) < 4.78 is 0. The van der Waals surface area contributed by atoms with Crippen LogP contribution in [-0.4, -0.2) is 65.7 Å². The number of likely N-dealkylation sites (tertiary alicyclic amines) is 1. The Bertz CT molecular complexity index is 1440. The number of benzene rings is 2. The first-order valence-electron chi connectivity index (χ1n) is 12.6. The summed E-state index contributed by atoms with van der Waals surface area (Å²) in [5.74, 6) is 0.514. The van der Waals surface area contributed by atoms with Crippen molar-refractivity contribution in [3.05, 3.63) is 51.8 Å². The summed E-state index contributed by atoms with van der Waals surface area (Å²) in [6, 6.07) is 12.2. The molecule has 0 aliphatic carbocycles. The molecule has 2 aromatic heterocycles. The summed E-state index contributed by atoms with van der Waals surface area (Å²) in [7, 11) is 4.33. The molecule has 36 heavy (non-hydrogen) atoms. The van der Waals surface area contributed by atoms with Gasteiger partial charge in [-0.05, 0) is 75.8 Å². The normalized spacial score (nSPS) is 16.0. The molecule has 1 aliphatic heterocycles. The molecule has 9 heteroatoms. The van der Waals surface area contributed by atoms with E-state index in [1.807, 2.05) is 25.1 Å². The van der Waals surface area contributed by atoms with E-state index in [-0.39, 0.29) is 11.6 Å². The molecule has 5 rings (SSSR count). The van der Waals surface area contributed by atoms with Crippen molar-refractivity contribution in [2.24, 2.45) is 5.73 Å². The van der Waals surface area contributed by atoms with E-state index in [9.17, 15) is 4.79 Å². The third-order valence-electron chi connectivity index (χ3n) is 7.39. The topological polar surface area (TPSA) is 106 Å². The van der Waals surface area contributed by atoms with Crippen LogP contribution in [0, 0.1) is 0 Å². The summed E-state index contributed by atoms with van der Waals surface area (Å²) in [6.45, 7) is 4.78. The molecule has 0 bridgehead atoms. The zero-order valence-corrected chi connectivity index (χ0v) is 21.8. The Morgan fingerprint density at radius 3 is 2.69 bits per heavy atom. The fourth-order valence-corrected chi connectivity index (χ4v) is 5.15. The van der Waals surface area contributed by atoms with Gasteiger partial charge in [0, 0.05) is 41.8 Å². The highest BCUT2D eigenvalue weighted by Crippen LogP contribution is 2.33. The Hall–Kier alpha value is -3.07. The fraction of sp³-hybridized carbons (Fsp3) is 0.407. The molecule has 2 aromatic carbocycles. The van der Waals surface area contributed by atoms with Crippen LogP contribution < -0.4 is 21.5 Å². The first kappa shape index (κ1) is 24.6. The minimum absolute atomic E-state index is 0.0419. The summed E-state index contributed by atoms with van der Waals surface area (Å²) in [6.07, 6.45) is 3.10. The number of piperidine rings is 1. The minimum atomic E-state index is -0.222. The van der Waals surface area contributed by atoms with Gasteiger partial charge in [0.05, 0.1) is 22.2 Å². The summed E-state index contributed by atoms with van der Waals surface area (Å²) >= 11 is 6.33. The number of nitrogens with one attached hydrogen (secondary N) is 3. The smallest absolute Gasteiger partial charge is 0.261 e. The lowest BCUT2D eigenvalue weighted by atomic mass is 10.0. The van der Waals surface area contributed by atoms with E-state index in [0.29, 0.717) is 40.2 Å². The van der Waals surface area contributed by atoms with Gasteiger partial charge in [-0.25, -0.2) is 4.98 Å². The van der Waals surface area contributed by atoms with Crippen LogP contribution in [0.1, 0.15) is 26.2 Å². The van der Waals surface area contributed by atoms with Gasteiger partial charge in [-0.1, -0.05) is 18.5 Å². The zero-order valence-electron chi connectivity index (χ0n) is 21.1. The highest BCUT2D eigenvalue weighted by Gasteiger charge is 2.22. The Morgan fingerprint density at radius 2 is 1.94 bits per heavy atom. The number of hydrogen-bond donors (Lipinski definition) is 4. The molecular weight excluding hydrogens is 474 g/mol. The lowest BCUT2D eigenvalue weighted by Crippen LogP contribution is -2.41. The average Bonchev–Trinajstić information content (AvgIpc) is 3.30. The number of nitrogens with zero attached hydrogens (tertiary/aromatic N) is 3. The standard InChI is InChI=1S/C27H34ClN7O/c1-4-17(29)15-30-25-20-13-16(28)5-7-21(20)33-27(36)24(25)26-31-22-8-6-19(14-23(22)32-26)35(3)18-9-11-34(2)12-10-18/h5-8,13-14,17-18H,4,9-12,15,29H2,1-3H3,(H,31,32)(H2,30,33,36)/t17-/m1/s1. The Labute approximate surface area is 215 Å². The molecule has 1 fully saturated rings.